The number of benzene rings is 1. The molecule has 2 aliphatic rings. The average Bonchev–Trinajstić information content (AvgIpc) is 2.89. The van der Waals surface area contributed by atoms with Gasteiger partial charge in [-0.15, -0.1) is 0 Å². The van der Waals surface area contributed by atoms with Gasteiger partial charge in [0.1, 0.15) is 17.8 Å². The molecule has 0 saturated heterocycles. The number of aromatic hydroxyl groups is 1. The van der Waals surface area contributed by atoms with Crippen LogP contribution >= 0.6 is 0 Å². The third-order valence-corrected chi connectivity index (χ3v) is 7.66. The van der Waals surface area contributed by atoms with Crippen molar-refractivity contribution in [1.29, 1.82) is 0 Å². The zero-order chi connectivity index (χ0) is 27.6. The standard InChI is InChI=1S/C30H38N4O4/c1-18(31-5)27(36)33-26(30(2,3)4)29(38)34-17-21-15-22(35)14-13-20(21)16-25(34)28(37)32-24-12-8-10-19-9-6-7-11-23(19)24/h7,11,13-15,18,24-26,31,35H,8,10,12,16-17H2,1-5H3,(H,32,37)(H,33,36)/t18-,24?,25-,26?/m0/s1. The lowest BCUT2D eigenvalue weighted by molar-refractivity contribution is -0.147. The van der Waals surface area contributed by atoms with Gasteiger partial charge < -0.3 is 26.0 Å². The van der Waals surface area contributed by atoms with Crippen molar-refractivity contribution in [3.8, 4) is 5.75 Å². The van der Waals surface area contributed by atoms with Gasteiger partial charge in [-0.05, 0) is 79.6 Å². The van der Waals surface area contributed by atoms with Crippen LogP contribution in [0.4, 0.5) is 0 Å². The molecule has 1 heterocycles. The van der Waals surface area contributed by atoms with E-state index in [-0.39, 0.29) is 36.1 Å². The summed E-state index contributed by atoms with van der Waals surface area (Å²) in [5.74, 6) is -0.737. The van der Waals surface area contributed by atoms with Crippen molar-refractivity contribution in [3.63, 3.8) is 0 Å². The molecule has 3 amide bonds. The molecule has 0 aromatic heterocycles. The number of carbonyl (C=O) groups is 3. The zero-order valence-electron chi connectivity index (χ0n) is 22.9. The first-order chi connectivity index (χ1) is 18.0. The van der Waals surface area contributed by atoms with Crippen molar-refractivity contribution >= 4 is 17.7 Å². The molecule has 2 unspecified atom stereocenters. The monoisotopic (exact) mass is 518 g/mol. The maximum atomic E-state index is 14.1. The smallest absolute Gasteiger partial charge is 0.246 e. The van der Waals surface area contributed by atoms with Gasteiger partial charge in [-0.1, -0.05) is 39.0 Å². The summed E-state index contributed by atoms with van der Waals surface area (Å²) in [4.78, 5) is 42.3. The molecule has 4 rings (SSSR count). The molecule has 8 nitrogen and oxygen atoms in total. The summed E-state index contributed by atoms with van der Waals surface area (Å²) in [5.41, 5.74) is 3.21. The molecule has 2 aromatic carbocycles. The molecule has 1 aliphatic heterocycles. The number of fused-ring (bicyclic) bond motifs is 2. The molecule has 1 aliphatic carbocycles. The molecule has 0 saturated carbocycles. The second-order valence-electron chi connectivity index (χ2n) is 11.4. The molecular formula is C30H38N4O4. The number of likely N-dealkylation sites (N-methyl/N-ethyl adjacent to an activating group) is 1. The first-order valence-corrected chi connectivity index (χ1v) is 13.3. The predicted molar refractivity (Wildman–Crippen MR) is 144 cm³/mol. The van der Waals surface area contributed by atoms with Gasteiger partial charge in [0.25, 0.3) is 0 Å². The summed E-state index contributed by atoms with van der Waals surface area (Å²) in [7, 11) is 1.69. The Morgan fingerprint density at radius 1 is 1.16 bits per heavy atom. The molecule has 0 fully saturated rings. The summed E-state index contributed by atoms with van der Waals surface area (Å²) in [6, 6.07) is 12.8. The summed E-state index contributed by atoms with van der Waals surface area (Å²) in [6.45, 7) is 7.57. The summed E-state index contributed by atoms with van der Waals surface area (Å²) < 4.78 is 0. The minimum absolute atomic E-state index is 0.106. The van der Waals surface area contributed by atoms with Gasteiger partial charge in [0.05, 0.1) is 12.1 Å². The fraction of sp³-hybridized carbons (Fsp3) is 0.500. The number of phenols is 1. The van der Waals surface area contributed by atoms with E-state index < -0.39 is 23.5 Å². The van der Waals surface area contributed by atoms with Crippen molar-refractivity contribution in [2.45, 2.75) is 84.1 Å². The van der Waals surface area contributed by atoms with E-state index in [2.05, 4.69) is 28.1 Å². The number of nitrogens with one attached hydrogen (secondary N) is 3. The van der Waals surface area contributed by atoms with Crippen LogP contribution in [0.1, 0.15) is 68.8 Å². The van der Waals surface area contributed by atoms with E-state index in [1.54, 1.807) is 31.0 Å². The number of rotatable bonds is 6. The van der Waals surface area contributed by atoms with Gasteiger partial charge >= 0.3 is 0 Å². The van der Waals surface area contributed by atoms with Crippen molar-refractivity contribution in [2.75, 3.05) is 7.05 Å². The van der Waals surface area contributed by atoms with Gasteiger partial charge in [0, 0.05) is 18.5 Å². The van der Waals surface area contributed by atoms with E-state index in [9.17, 15) is 19.5 Å². The van der Waals surface area contributed by atoms with Crippen LogP contribution in [-0.2, 0) is 33.8 Å². The lowest BCUT2D eigenvalue weighted by atomic mass is 9.83. The minimum Gasteiger partial charge on any atom is -0.508 e. The molecule has 38 heavy (non-hydrogen) atoms. The SMILES string of the molecule is CN[C@@H](C)C(=O)NC(C(=O)N1Cc2cc(O)ccc2C[C@H]1C(=O)NC1CCCc2c#cccc21)C(C)(C)C. The highest BCUT2D eigenvalue weighted by Crippen LogP contribution is 2.32. The van der Waals surface area contributed by atoms with E-state index in [0.29, 0.717) is 6.42 Å². The Kier molecular flexibility index (Phi) is 7.98. The highest BCUT2D eigenvalue weighted by Gasteiger charge is 2.42. The molecule has 2 aromatic rings. The van der Waals surface area contributed by atoms with Crippen LogP contribution < -0.4 is 16.0 Å². The van der Waals surface area contributed by atoms with Crippen molar-refractivity contribution in [1.82, 2.24) is 20.9 Å². The van der Waals surface area contributed by atoms with Crippen molar-refractivity contribution in [2.24, 2.45) is 5.41 Å². The van der Waals surface area contributed by atoms with Crippen molar-refractivity contribution < 1.29 is 19.5 Å². The first-order valence-electron chi connectivity index (χ1n) is 13.3. The Hall–Kier alpha value is -3.57. The molecule has 8 heteroatoms. The lowest BCUT2D eigenvalue weighted by Gasteiger charge is -2.41. The topological polar surface area (TPSA) is 111 Å². The lowest BCUT2D eigenvalue weighted by Crippen LogP contribution is -2.62. The molecule has 4 N–H and O–H groups in total. The van der Waals surface area contributed by atoms with E-state index in [1.165, 1.54) is 0 Å². The summed E-state index contributed by atoms with van der Waals surface area (Å²) >= 11 is 0. The van der Waals surface area contributed by atoms with Crippen LogP contribution in [0.3, 0.4) is 0 Å². The maximum absolute atomic E-state index is 14.1. The Morgan fingerprint density at radius 3 is 2.63 bits per heavy atom. The number of nitrogens with zero attached hydrogens (tertiary/aromatic N) is 1. The molecule has 202 valence electrons. The second kappa shape index (κ2) is 11.0. The van der Waals surface area contributed by atoms with Gasteiger partial charge in [0.2, 0.25) is 17.7 Å². The van der Waals surface area contributed by atoms with Crippen LogP contribution in [-0.4, -0.2) is 52.9 Å². The number of carbonyl (C=O) groups excluding carboxylic acids is 3. The quantitative estimate of drug-likeness (QED) is 0.470. The Balaban J connectivity index is 1.65. The molecule has 0 radical (unpaired) electrons. The van der Waals surface area contributed by atoms with Gasteiger partial charge in [-0.25, -0.2) is 0 Å². The Morgan fingerprint density at radius 2 is 1.92 bits per heavy atom. The molecule has 0 bridgehead atoms. The van der Waals surface area contributed by atoms with Crippen LogP contribution in [0.2, 0.25) is 0 Å². The van der Waals surface area contributed by atoms with E-state index in [0.717, 1.165) is 41.5 Å². The number of phenolic OH excluding ortho intramolecular Hbond substituents is 1. The fourth-order valence-corrected chi connectivity index (χ4v) is 5.27. The van der Waals surface area contributed by atoms with E-state index in [4.69, 9.17) is 0 Å². The number of hydrogen-bond acceptors (Lipinski definition) is 5. The third-order valence-electron chi connectivity index (χ3n) is 7.66. The van der Waals surface area contributed by atoms with Gasteiger partial charge in [-0.3, -0.25) is 14.4 Å². The third kappa shape index (κ3) is 5.78. The van der Waals surface area contributed by atoms with Crippen LogP contribution in [0, 0.1) is 17.5 Å². The normalized spacial score (nSPS) is 20.3. The second-order valence-corrected chi connectivity index (χ2v) is 11.4. The number of hydrogen-bond donors (Lipinski definition) is 4. The minimum atomic E-state index is -0.847. The zero-order valence-corrected chi connectivity index (χ0v) is 22.9. The molecule has 0 spiro atoms. The first kappa shape index (κ1) is 27.5. The largest absolute Gasteiger partial charge is 0.508 e. The van der Waals surface area contributed by atoms with Crippen LogP contribution in [0.5, 0.6) is 5.75 Å². The Labute approximate surface area is 225 Å². The van der Waals surface area contributed by atoms with E-state index in [1.807, 2.05) is 39.0 Å². The van der Waals surface area contributed by atoms with Crippen molar-refractivity contribution in [3.05, 3.63) is 64.7 Å². The average molecular weight is 519 g/mol. The highest BCUT2D eigenvalue weighted by atomic mass is 16.3. The van der Waals surface area contributed by atoms with Crippen LogP contribution in [0.15, 0.2) is 30.3 Å². The van der Waals surface area contributed by atoms with E-state index >= 15 is 0 Å². The Bertz CT molecular complexity index is 1200. The molecular weight excluding hydrogens is 480 g/mol. The van der Waals surface area contributed by atoms with Gasteiger partial charge in [0.15, 0.2) is 0 Å². The molecule has 4 atom stereocenters. The summed E-state index contributed by atoms with van der Waals surface area (Å²) in [6.07, 6.45) is 2.97. The fourth-order valence-electron chi connectivity index (χ4n) is 5.27. The predicted octanol–water partition coefficient (Wildman–Crippen LogP) is 2.58. The number of amides is 3. The van der Waals surface area contributed by atoms with Gasteiger partial charge in [-0.2, -0.15) is 0 Å². The maximum Gasteiger partial charge on any atom is 0.246 e. The highest BCUT2D eigenvalue weighted by molar-refractivity contribution is 5.94. The summed E-state index contributed by atoms with van der Waals surface area (Å²) in [5, 5.41) is 19.1. The van der Waals surface area contributed by atoms with Crippen LogP contribution in [0.25, 0.3) is 0 Å².